The second-order valence-corrected chi connectivity index (χ2v) is 6.30. The summed E-state index contributed by atoms with van der Waals surface area (Å²) >= 11 is 0. The zero-order valence-electron chi connectivity index (χ0n) is 15.7. The van der Waals surface area contributed by atoms with E-state index >= 15 is 0 Å². The molecule has 3 aliphatic rings. The minimum atomic E-state index is -0.711. The predicted octanol–water partition coefficient (Wildman–Crippen LogP) is 0.885. The van der Waals surface area contributed by atoms with Gasteiger partial charge >= 0.3 is 0 Å². The van der Waals surface area contributed by atoms with Crippen molar-refractivity contribution in [3.05, 3.63) is 29.8 Å². The highest BCUT2D eigenvalue weighted by molar-refractivity contribution is 5.97. The third kappa shape index (κ3) is 3.85. The lowest BCUT2D eigenvalue weighted by Crippen LogP contribution is -2.64. The largest absolute Gasteiger partial charge is 0.496 e. The summed E-state index contributed by atoms with van der Waals surface area (Å²) in [4.78, 5) is 27.1. The van der Waals surface area contributed by atoms with Gasteiger partial charge in [-0.05, 0) is 6.42 Å². The second kappa shape index (κ2) is 8.30. The van der Waals surface area contributed by atoms with Gasteiger partial charge in [0.05, 0.1) is 46.7 Å². The molecular weight excluding hydrogens is 352 g/mol. The Labute approximate surface area is 158 Å². The number of fused-ring (bicyclic) bond motifs is 6. The highest BCUT2D eigenvalue weighted by Gasteiger charge is 2.41. The Bertz CT molecular complexity index is 723. The van der Waals surface area contributed by atoms with Crippen LogP contribution >= 0.6 is 0 Å². The highest BCUT2D eigenvalue weighted by atomic mass is 16.5. The van der Waals surface area contributed by atoms with E-state index in [1.807, 2.05) is 12.2 Å². The van der Waals surface area contributed by atoms with Crippen molar-refractivity contribution in [3.63, 3.8) is 0 Å². The number of piperazine rings is 1. The lowest BCUT2D eigenvalue weighted by molar-refractivity contribution is -0.152. The molecule has 2 amide bonds. The molecule has 3 aliphatic heterocycles. The Morgan fingerprint density at radius 1 is 1.11 bits per heavy atom. The lowest BCUT2D eigenvalue weighted by atomic mass is 10.0. The molecule has 1 aromatic rings. The second-order valence-electron chi connectivity index (χ2n) is 6.30. The van der Waals surface area contributed by atoms with E-state index in [4.69, 9.17) is 18.9 Å². The average Bonchev–Trinajstić information content (AvgIpc) is 2.69. The van der Waals surface area contributed by atoms with E-state index in [9.17, 15) is 9.59 Å². The van der Waals surface area contributed by atoms with Crippen LogP contribution in [0, 0.1) is 0 Å². The number of benzene rings is 1. The van der Waals surface area contributed by atoms with Gasteiger partial charge in [-0.25, -0.2) is 0 Å². The van der Waals surface area contributed by atoms with Gasteiger partial charge in [-0.2, -0.15) is 0 Å². The van der Waals surface area contributed by atoms with Crippen LogP contribution < -0.4 is 19.5 Å². The van der Waals surface area contributed by atoms with E-state index < -0.39 is 12.1 Å². The van der Waals surface area contributed by atoms with E-state index in [2.05, 4.69) is 5.32 Å². The van der Waals surface area contributed by atoms with Crippen molar-refractivity contribution >= 4 is 11.8 Å². The summed E-state index contributed by atoms with van der Waals surface area (Å²) in [7, 11) is 4.63. The molecule has 0 aromatic heterocycles. The summed E-state index contributed by atoms with van der Waals surface area (Å²) < 4.78 is 21.8. The van der Waals surface area contributed by atoms with Crippen LogP contribution in [-0.4, -0.2) is 63.3 Å². The zero-order valence-corrected chi connectivity index (χ0v) is 15.7. The van der Waals surface area contributed by atoms with Crippen molar-refractivity contribution in [1.29, 1.82) is 0 Å². The first-order valence-corrected chi connectivity index (χ1v) is 8.71. The predicted molar refractivity (Wildman–Crippen MR) is 96.9 cm³/mol. The number of hydrogen-bond donors (Lipinski definition) is 1. The van der Waals surface area contributed by atoms with E-state index in [-0.39, 0.29) is 25.0 Å². The van der Waals surface area contributed by atoms with Crippen LogP contribution in [0.3, 0.4) is 0 Å². The number of methoxy groups -OCH3 is 3. The summed E-state index contributed by atoms with van der Waals surface area (Å²) in [6.45, 7) is 0.694. The average molecular weight is 376 g/mol. The molecule has 2 atom stereocenters. The third-order valence-electron chi connectivity index (χ3n) is 4.75. The van der Waals surface area contributed by atoms with Crippen LogP contribution in [0.4, 0.5) is 0 Å². The molecule has 0 saturated carbocycles. The Morgan fingerprint density at radius 2 is 1.81 bits per heavy atom. The Hall–Kier alpha value is -2.74. The van der Waals surface area contributed by atoms with Crippen LogP contribution in [0.5, 0.6) is 17.2 Å². The first-order valence-electron chi connectivity index (χ1n) is 8.71. The van der Waals surface area contributed by atoms with Crippen LogP contribution in [0.2, 0.25) is 0 Å². The van der Waals surface area contributed by atoms with E-state index in [0.717, 1.165) is 0 Å². The molecular formula is C19H24N2O6. The SMILES string of the molecule is COc1cc(OC)c(CN2C(=O)[C@@H]3C/C=C\COC[C@H]2C(=O)N3)c(OC)c1. The molecule has 1 N–H and O–H groups in total. The quantitative estimate of drug-likeness (QED) is 0.768. The summed E-state index contributed by atoms with van der Waals surface area (Å²) in [6, 6.07) is 2.15. The first kappa shape index (κ1) is 19.0. The van der Waals surface area contributed by atoms with Crippen molar-refractivity contribution in [2.75, 3.05) is 34.5 Å². The standard InChI is InChI=1S/C19H24N2O6/c1-24-12-8-16(25-2)13(17(9-12)26-3)10-21-15-11-27-7-5-4-6-14(19(21)23)20-18(15)22/h4-5,8-9,14-15H,6-7,10-11H2,1-3H3,(H,20,22)/b5-4-/t14-,15-/m0/s1. The van der Waals surface area contributed by atoms with Crippen molar-refractivity contribution in [1.82, 2.24) is 10.2 Å². The Balaban J connectivity index is 1.98. The third-order valence-corrected chi connectivity index (χ3v) is 4.75. The van der Waals surface area contributed by atoms with E-state index in [1.165, 1.54) is 19.1 Å². The molecule has 0 spiro atoms. The van der Waals surface area contributed by atoms with Gasteiger partial charge in [0.15, 0.2) is 0 Å². The van der Waals surface area contributed by atoms with E-state index in [0.29, 0.717) is 35.8 Å². The Morgan fingerprint density at radius 3 is 2.44 bits per heavy atom. The smallest absolute Gasteiger partial charge is 0.246 e. The maximum absolute atomic E-state index is 13.0. The van der Waals surface area contributed by atoms with Crippen molar-refractivity contribution in [2.24, 2.45) is 0 Å². The lowest BCUT2D eigenvalue weighted by Gasteiger charge is -2.39. The van der Waals surface area contributed by atoms with Crippen molar-refractivity contribution in [3.8, 4) is 17.2 Å². The van der Waals surface area contributed by atoms with Gasteiger partial charge in [-0.3, -0.25) is 9.59 Å². The fourth-order valence-corrected chi connectivity index (χ4v) is 3.29. The normalized spacial score (nSPS) is 23.6. The van der Waals surface area contributed by atoms with Gasteiger partial charge in [-0.15, -0.1) is 0 Å². The van der Waals surface area contributed by atoms with Crippen molar-refractivity contribution in [2.45, 2.75) is 25.0 Å². The molecule has 0 unspecified atom stereocenters. The molecule has 1 saturated heterocycles. The number of ether oxygens (including phenoxy) is 4. The molecule has 1 fully saturated rings. The minimum absolute atomic E-state index is 0.120. The maximum Gasteiger partial charge on any atom is 0.246 e. The molecule has 0 aliphatic carbocycles. The van der Waals surface area contributed by atoms with Gasteiger partial charge < -0.3 is 29.2 Å². The van der Waals surface area contributed by atoms with Gasteiger partial charge in [0.2, 0.25) is 11.8 Å². The molecule has 3 heterocycles. The molecule has 8 nitrogen and oxygen atoms in total. The molecule has 8 heteroatoms. The number of nitrogens with zero attached hydrogens (tertiary/aromatic N) is 1. The highest BCUT2D eigenvalue weighted by Crippen LogP contribution is 2.36. The fraction of sp³-hybridized carbons (Fsp3) is 0.474. The topological polar surface area (TPSA) is 86.3 Å². The summed E-state index contributed by atoms with van der Waals surface area (Å²) in [6.07, 6.45) is 4.13. The minimum Gasteiger partial charge on any atom is -0.496 e. The number of nitrogens with one attached hydrogen (secondary N) is 1. The first-order chi connectivity index (χ1) is 13.1. The van der Waals surface area contributed by atoms with Gasteiger partial charge in [0.25, 0.3) is 0 Å². The molecule has 1 aromatic carbocycles. The summed E-state index contributed by atoms with van der Waals surface area (Å²) in [5.41, 5.74) is 0.667. The molecule has 4 rings (SSSR count). The van der Waals surface area contributed by atoms with Gasteiger partial charge in [0.1, 0.15) is 29.3 Å². The Kier molecular flexibility index (Phi) is 5.85. The summed E-state index contributed by atoms with van der Waals surface area (Å²) in [5, 5.41) is 2.78. The van der Waals surface area contributed by atoms with Gasteiger partial charge in [-0.1, -0.05) is 12.2 Å². The number of rotatable bonds is 5. The fourth-order valence-electron chi connectivity index (χ4n) is 3.29. The summed E-state index contributed by atoms with van der Waals surface area (Å²) in [5.74, 6) is 1.24. The zero-order chi connectivity index (χ0) is 19.4. The number of amides is 2. The van der Waals surface area contributed by atoms with Crippen LogP contribution in [0.15, 0.2) is 24.3 Å². The van der Waals surface area contributed by atoms with Crippen molar-refractivity contribution < 1.29 is 28.5 Å². The molecule has 2 bridgehead atoms. The van der Waals surface area contributed by atoms with Crippen LogP contribution in [-0.2, 0) is 20.9 Å². The molecule has 0 radical (unpaired) electrons. The number of carbonyl (C=O) groups is 2. The molecule has 27 heavy (non-hydrogen) atoms. The maximum atomic E-state index is 13.0. The van der Waals surface area contributed by atoms with Crippen LogP contribution in [0.25, 0.3) is 0 Å². The van der Waals surface area contributed by atoms with E-state index in [1.54, 1.807) is 19.2 Å². The van der Waals surface area contributed by atoms with Gasteiger partial charge in [0, 0.05) is 12.1 Å². The number of carbonyl (C=O) groups excluding carboxylic acids is 2. The monoisotopic (exact) mass is 376 g/mol. The van der Waals surface area contributed by atoms with Crippen LogP contribution in [0.1, 0.15) is 12.0 Å². The molecule has 146 valence electrons. The number of hydrogen-bond acceptors (Lipinski definition) is 6.